The first-order valence-electron chi connectivity index (χ1n) is 7.10. The van der Waals surface area contributed by atoms with E-state index in [1.807, 2.05) is 0 Å². The minimum atomic E-state index is 0.152. The Labute approximate surface area is 117 Å². The molecule has 1 fully saturated rings. The van der Waals surface area contributed by atoms with Gasteiger partial charge in [-0.2, -0.15) is 0 Å². The second-order valence-corrected chi connectivity index (χ2v) is 6.48. The number of hydrogen-bond donors (Lipinski definition) is 1. The summed E-state index contributed by atoms with van der Waals surface area (Å²) < 4.78 is 0. The molecule has 0 radical (unpaired) electrons. The summed E-state index contributed by atoms with van der Waals surface area (Å²) in [5.74, 6) is 0. The Bertz CT molecular complexity index is 453. The van der Waals surface area contributed by atoms with Gasteiger partial charge in [-0.15, -0.1) is 0 Å². The molecule has 19 heavy (non-hydrogen) atoms. The summed E-state index contributed by atoms with van der Waals surface area (Å²) >= 11 is 0. The van der Waals surface area contributed by atoms with Gasteiger partial charge >= 0.3 is 0 Å². The third-order valence-electron chi connectivity index (χ3n) is 4.48. The number of aryl methyl sites for hydroxylation is 2. The molecule has 0 aromatic heterocycles. The maximum absolute atomic E-state index is 5.95. The molecular weight excluding hydrogens is 234 g/mol. The second-order valence-electron chi connectivity index (χ2n) is 6.48. The zero-order chi connectivity index (χ0) is 14.2. The van der Waals surface area contributed by atoms with Crippen LogP contribution in [0, 0.1) is 13.8 Å². The average molecular weight is 261 g/mol. The van der Waals surface area contributed by atoms with E-state index in [-0.39, 0.29) is 5.54 Å². The van der Waals surface area contributed by atoms with Crippen LogP contribution in [0.25, 0.3) is 0 Å². The Morgan fingerprint density at radius 1 is 1.32 bits per heavy atom. The fourth-order valence-corrected chi connectivity index (χ4v) is 3.09. The number of rotatable bonds is 2. The van der Waals surface area contributed by atoms with Gasteiger partial charge in [0.15, 0.2) is 0 Å². The molecule has 1 aliphatic rings. The van der Waals surface area contributed by atoms with E-state index >= 15 is 0 Å². The normalized spacial score (nSPS) is 23.7. The lowest BCUT2D eigenvalue weighted by molar-refractivity contribution is 0.0845. The number of nitrogens with zero attached hydrogens (tertiary/aromatic N) is 2. The van der Waals surface area contributed by atoms with Gasteiger partial charge in [0, 0.05) is 36.9 Å². The molecule has 1 saturated heterocycles. The number of likely N-dealkylation sites (N-methyl/N-ethyl adjacent to an activating group) is 1. The van der Waals surface area contributed by atoms with Gasteiger partial charge in [0.25, 0.3) is 0 Å². The Morgan fingerprint density at radius 3 is 2.58 bits per heavy atom. The Morgan fingerprint density at radius 2 is 2.00 bits per heavy atom. The third kappa shape index (κ3) is 2.77. The second kappa shape index (κ2) is 5.14. The molecule has 0 aliphatic carbocycles. The van der Waals surface area contributed by atoms with E-state index in [1.54, 1.807) is 0 Å². The number of piperazine rings is 1. The summed E-state index contributed by atoms with van der Waals surface area (Å²) in [4.78, 5) is 4.92. The molecule has 1 aromatic rings. The van der Waals surface area contributed by atoms with Crippen molar-refractivity contribution >= 4 is 5.69 Å². The molecule has 1 atom stereocenters. The quantitative estimate of drug-likeness (QED) is 0.885. The van der Waals surface area contributed by atoms with Gasteiger partial charge in [-0.1, -0.05) is 17.7 Å². The number of hydrogen-bond acceptors (Lipinski definition) is 3. The average Bonchev–Trinajstić information content (AvgIpc) is 2.32. The molecule has 0 saturated carbocycles. The molecule has 106 valence electrons. The van der Waals surface area contributed by atoms with Crippen molar-refractivity contribution in [2.45, 2.75) is 39.3 Å². The van der Waals surface area contributed by atoms with Crippen LogP contribution in [0.4, 0.5) is 5.69 Å². The van der Waals surface area contributed by atoms with Gasteiger partial charge in [-0.25, -0.2) is 0 Å². The number of benzene rings is 1. The van der Waals surface area contributed by atoms with Crippen molar-refractivity contribution in [3.8, 4) is 0 Å². The Hall–Kier alpha value is -1.06. The van der Waals surface area contributed by atoms with Gasteiger partial charge in [-0.05, 0) is 46.4 Å². The first kappa shape index (κ1) is 14.4. The monoisotopic (exact) mass is 261 g/mol. The predicted molar refractivity (Wildman–Crippen MR) is 82.8 cm³/mol. The SMILES string of the molecule is Cc1ccc(N2CC(CN)N(C)C(C)(C)C2)c(C)c1. The number of nitrogens with two attached hydrogens (primary N) is 1. The molecule has 2 N–H and O–H groups in total. The maximum Gasteiger partial charge on any atom is 0.0397 e. The summed E-state index contributed by atoms with van der Waals surface area (Å²) in [7, 11) is 2.19. The first-order chi connectivity index (χ1) is 8.85. The van der Waals surface area contributed by atoms with E-state index in [0.717, 1.165) is 13.1 Å². The van der Waals surface area contributed by atoms with Crippen LogP contribution in [-0.2, 0) is 0 Å². The summed E-state index contributed by atoms with van der Waals surface area (Å²) in [5.41, 5.74) is 10.1. The summed E-state index contributed by atoms with van der Waals surface area (Å²) in [6.45, 7) is 11.7. The third-order valence-corrected chi connectivity index (χ3v) is 4.48. The first-order valence-corrected chi connectivity index (χ1v) is 7.10. The van der Waals surface area contributed by atoms with E-state index in [9.17, 15) is 0 Å². The molecule has 3 heteroatoms. The van der Waals surface area contributed by atoms with E-state index < -0.39 is 0 Å². The maximum atomic E-state index is 5.95. The smallest absolute Gasteiger partial charge is 0.0397 e. The molecule has 1 heterocycles. The van der Waals surface area contributed by atoms with Crippen molar-refractivity contribution < 1.29 is 0 Å². The summed E-state index contributed by atoms with van der Waals surface area (Å²) in [6, 6.07) is 7.13. The topological polar surface area (TPSA) is 32.5 Å². The van der Waals surface area contributed by atoms with Crippen LogP contribution in [-0.4, -0.2) is 43.2 Å². The van der Waals surface area contributed by atoms with E-state index in [2.05, 4.69) is 62.7 Å². The molecule has 0 spiro atoms. The highest BCUT2D eigenvalue weighted by Gasteiger charge is 2.37. The molecule has 0 bridgehead atoms. The summed E-state index contributed by atoms with van der Waals surface area (Å²) in [6.07, 6.45) is 0. The minimum Gasteiger partial charge on any atom is -0.368 e. The van der Waals surface area contributed by atoms with Crippen LogP contribution in [0.2, 0.25) is 0 Å². The standard InChI is InChI=1S/C16H27N3/c1-12-6-7-15(13(2)8-12)19-10-14(9-17)18(5)16(3,4)11-19/h6-8,14H,9-11,17H2,1-5H3. The van der Waals surface area contributed by atoms with Crippen molar-refractivity contribution in [2.75, 3.05) is 31.6 Å². The molecule has 2 rings (SSSR count). The largest absolute Gasteiger partial charge is 0.368 e. The zero-order valence-electron chi connectivity index (χ0n) is 12.9. The van der Waals surface area contributed by atoms with E-state index in [1.165, 1.54) is 16.8 Å². The lowest BCUT2D eigenvalue weighted by atomic mass is 9.94. The van der Waals surface area contributed by atoms with Gasteiger partial charge in [0.05, 0.1) is 0 Å². The molecule has 0 amide bonds. The zero-order valence-corrected chi connectivity index (χ0v) is 12.9. The predicted octanol–water partition coefficient (Wildman–Crippen LogP) is 2.16. The van der Waals surface area contributed by atoms with Crippen molar-refractivity contribution in [3.05, 3.63) is 29.3 Å². The van der Waals surface area contributed by atoms with Gasteiger partial charge in [-0.3, -0.25) is 4.90 Å². The van der Waals surface area contributed by atoms with Crippen LogP contribution in [0.3, 0.4) is 0 Å². The fraction of sp³-hybridized carbons (Fsp3) is 0.625. The lowest BCUT2D eigenvalue weighted by Crippen LogP contribution is -2.64. The van der Waals surface area contributed by atoms with Crippen molar-refractivity contribution in [1.29, 1.82) is 0 Å². The number of anilines is 1. The van der Waals surface area contributed by atoms with Gasteiger partial charge in [0.2, 0.25) is 0 Å². The van der Waals surface area contributed by atoms with Gasteiger partial charge < -0.3 is 10.6 Å². The lowest BCUT2D eigenvalue weighted by Gasteiger charge is -2.51. The van der Waals surface area contributed by atoms with Crippen LogP contribution in [0.15, 0.2) is 18.2 Å². The highest BCUT2D eigenvalue weighted by atomic mass is 15.3. The molecule has 1 aliphatic heterocycles. The van der Waals surface area contributed by atoms with Gasteiger partial charge in [0.1, 0.15) is 0 Å². The molecule has 1 unspecified atom stereocenters. The highest BCUT2D eigenvalue weighted by Crippen LogP contribution is 2.29. The Balaban J connectivity index is 2.30. The van der Waals surface area contributed by atoms with E-state index in [0.29, 0.717) is 12.6 Å². The molecular formula is C16H27N3. The van der Waals surface area contributed by atoms with Crippen molar-refractivity contribution in [1.82, 2.24) is 4.90 Å². The van der Waals surface area contributed by atoms with Crippen LogP contribution in [0.1, 0.15) is 25.0 Å². The van der Waals surface area contributed by atoms with Crippen LogP contribution >= 0.6 is 0 Å². The fourth-order valence-electron chi connectivity index (χ4n) is 3.09. The molecule has 1 aromatic carbocycles. The molecule has 3 nitrogen and oxygen atoms in total. The van der Waals surface area contributed by atoms with Crippen LogP contribution < -0.4 is 10.6 Å². The van der Waals surface area contributed by atoms with Crippen molar-refractivity contribution in [3.63, 3.8) is 0 Å². The summed E-state index contributed by atoms with van der Waals surface area (Å²) in [5, 5.41) is 0. The Kier molecular flexibility index (Phi) is 3.88. The highest BCUT2D eigenvalue weighted by molar-refractivity contribution is 5.55. The van der Waals surface area contributed by atoms with Crippen LogP contribution in [0.5, 0.6) is 0 Å². The van der Waals surface area contributed by atoms with E-state index in [4.69, 9.17) is 5.73 Å². The van der Waals surface area contributed by atoms with Crippen molar-refractivity contribution in [2.24, 2.45) is 5.73 Å². The minimum absolute atomic E-state index is 0.152.